The minimum absolute atomic E-state index is 0.0194. The molecule has 2 aromatic heterocycles. The van der Waals surface area contributed by atoms with Crippen LogP contribution in [-0.4, -0.2) is 22.8 Å². The van der Waals surface area contributed by atoms with Crippen molar-refractivity contribution >= 4 is 11.6 Å². The zero-order valence-corrected chi connectivity index (χ0v) is 13.1. The zero-order chi connectivity index (χ0) is 17.1. The molecule has 0 aliphatic rings. The van der Waals surface area contributed by atoms with Gasteiger partial charge in [-0.1, -0.05) is 6.07 Å². The van der Waals surface area contributed by atoms with E-state index in [0.717, 1.165) is 10.2 Å². The molecule has 8 heteroatoms. The van der Waals surface area contributed by atoms with Crippen molar-refractivity contribution in [2.75, 3.05) is 12.4 Å². The highest BCUT2D eigenvalue weighted by atomic mass is 16.5. The van der Waals surface area contributed by atoms with Crippen molar-refractivity contribution in [1.82, 2.24) is 9.78 Å². The number of amides is 1. The van der Waals surface area contributed by atoms with E-state index >= 15 is 0 Å². The van der Waals surface area contributed by atoms with Crippen LogP contribution in [0.15, 0.2) is 50.2 Å². The van der Waals surface area contributed by atoms with E-state index in [0.29, 0.717) is 17.2 Å². The Morgan fingerprint density at radius 3 is 2.92 bits per heavy atom. The van der Waals surface area contributed by atoms with Gasteiger partial charge in [-0.25, -0.2) is 4.79 Å². The molecule has 1 aromatic carbocycles. The highest BCUT2D eigenvalue weighted by Crippen LogP contribution is 2.25. The minimum atomic E-state index is -0.743. The summed E-state index contributed by atoms with van der Waals surface area (Å²) in [6.45, 7) is 1.60. The van der Waals surface area contributed by atoms with Crippen LogP contribution in [0.25, 0.3) is 11.7 Å². The van der Waals surface area contributed by atoms with E-state index in [-0.39, 0.29) is 12.4 Å². The summed E-state index contributed by atoms with van der Waals surface area (Å²) < 4.78 is 16.2. The maximum Gasteiger partial charge on any atom is 0.437 e. The molecule has 24 heavy (non-hydrogen) atoms. The molecule has 124 valence electrons. The summed E-state index contributed by atoms with van der Waals surface area (Å²) in [5.74, 6) is -0.316. The molecule has 0 saturated heterocycles. The highest BCUT2D eigenvalue weighted by Gasteiger charge is 2.16. The van der Waals surface area contributed by atoms with E-state index in [1.165, 1.54) is 13.4 Å². The monoisotopic (exact) mass is 329 g/mol. The fourth-order valence-corrected chi connectivity index (χ4v) is 2.15. The summed E-state index contributed by atoms with van der Waals surface area (Å²) in [6, 6.07) is 8.64. The van der Waals surface area contributed by atoms with Gasteiger partial charge in [0.2, 0.25) is 5.91 Å². The average molecular weight is 329 g/mol. The quantitative estimate of drug-likeness (QED) is 0.769. The van der Waals surface area contributed by atoms with E-state index in [4.69, 9.17) is 13.6 Å². The molecule has 0 aliphatic carbocycles. The van der Waals surface area contributed by atoms with Gasteiger partial charge in [0.05, 0.1) is 19.1 Å². The molecule has 0 fully saturated rings. The number of aryl methyl sites for hydroxylation is 1. The lowest BCUT2D eigenvalue weighted by atomic mass is 10.2. The van der Waals surface area contributed by atoms with Crippen LogP contribution in [0.4, 0.5) is 5.69 Å². The standard InChI is InChI=1S/C16H15N3O5/c1-10-5-6-12(22-2)11(8-10)17-14(20)9-19-16(21)24-15(18-19)13-4-3-7-23-13/h3-8H,9H2,1-2H3,(H,17,20). The Bertz CT molecular complexity index is 908. The predicted molar refractivity (Wildman–Crippen MR) is 84.8 cm³/mol. The van der Waals surface area contributed by atoms with Crippen molar-refractivity contribution < 1.29 is 18.4 Å². The molecule has 0 aliphatic heterocycles. The molecule has 0 bridgehead atoms. The third-order valence-electron chi connectivity index (χ3n) is 3.26. The Balaban J connectivity index is 1.76. The Labute approximate surface area is 136 Å². The summed E-state index contributed by atoms with van der Waals surface area (Å²) in [6.07, 6.45) is 1.44. The smallest absolute Gasteiger partial charge is 0.437 e. The second-order valence-corrected chi connectivity index (χ2v) is 5.06. The number of furan rings is 1. The number of rotatable bonds is 5. The number of methoxy groups -OCH3 is 1. The Morgan fingerprint density at radius 1 is 1.38 bits per heavy atom. The van der Waals surface area contributed by atoms with Crippen LogP contribution in [0.3, 0.4) is 0 Å². The summed E-state index contributed by atoms with van der Waals surface area (Å²) in [5.41, 5.74) is 1.48. The second kappa shape index (κ2) is 6.45. The maximum atomic E-state index is 12.2. The fourth-order valence-electron chi connectivity index (χ4n) is 2.15. The average Bonchev–Trinajstić information content (AvgIpc) is 3.18. The third-order valence-corrected chi connectivity index (χ3v) is 3.26. The van der Waals surface area contributed by atoms with Crippen LogP contribution in [0.5, 0.6) is 5.75 Å². The summed E-state index contributed by atoms with van der Waals surface area (Å²) >= 11 is 0. The van der Waals surface area contributed by atoms with Crippen molar-refractivity contribution in [3.63, 3.8) is 0 Å². The number of hydrogen-bond acceptors (Lipinski definition) is 6. The van der Waals surface area contributed by atoms with Gasteiger partial charge in [0.15, 0.2) is 5.76 Å². The van der Waals surface area contributed by atoms with Crippen molar-refractivity contribution in [3.05, 3.63) is 52.7 Å². The molecule has 0 saturated carbocycles. The van der Waals surface area contributed by atoms with E-state index in [1.54, 1.807) is 24.3 Å². The first-order valence-corrected chi connectivity index (χ1v) is 7.13. The Morgan fingerprint density at radius 2 is 2.21 bits per heavy atom. The van der Waals surface area contributed by atoms with E-state index < -0.39 is 11.7 Å². The van der Waals surface area contributed by atoms with Crippen molar-refractivity contribution in [2.45, 2.75) is 13.5 Å². The molecule has 0 atom stereocenters. The molecular formula is C16H15N3O5. The first-order chi connectivity index (χ1) is 11.6. The van der Waals surface area contributed by atoms with Crippen molar-refractivity contribution in [1.29, 1.82) is 0 Å². The third kappa shape index (κ3) is 3.22. The fraction of sp³-hybridized carbons (Fsp3) is 0.188. The Kier molecular flexibility index (Phi) is 4.19. The predicted octanol–water partition coefficient (Wildman–Crippen LogP) is 2.05. The maximum absolute atomic E-state index is 12.2. The normalized spacial score (nSPS) is 10.6. The number of carbonyl (C=O) groups excluding carboxylic acids is 1. The number of benzene rings is 1. The van der Waals surface area contributed by atoms with Gasteiger partial charge in [-0.05, 0) is 36.8 Å². The lowest BCUT2D eigenvalue weighted by Gasteiger charge is -2.10. The molecule has 2 heterocycles. The largest absolute Gasteiger partial charge is 0.495 e. The molecule has 1 amide bonds. The summed E-state index contributed by atoms with van der Waals surface area (Å²) in [4.78, 5) is 24.0. The molecule has 0 spiro atoms. The van der Waals surface area contributed by atoms with Gasteiger partial charge in [0, 0.05) is 0 Å². The van der Waals surface area contributed by atoms with E-state index in [1.807, 2.05) is 13.0 Å². The van der Waals surface area contributed by atoms with Crippen LogP contribution in [-0.2, 0) is 11.3 Å². The first-order valence-electron chi connectivity index (χ1n) is 7.13. The highest BCUT2D eigenvalue weighted by molar-refractivity contribution is 5.92. The van der Waals surface area contributed by atoms with Gasteiger partial charge in [0.1, 0.15) is 12.3 Å². The molecular weight excluding hydrogens is 314 g/mol. The number of carbonyl (C=O) groups is 1. The van der Waals surface area contributed by atoms with Gasteiger partial charge in [-0.15, -0.1) is 5.10 Å². The van der Waals surface area contributed by atoms with E-state index in [2.05, 4.69) is 10.4 Å². The second-order valence-electron chi connectivity index (χ2n) is 5.06. The molecule has 3 rings (SSSR count). The number of ether oxygens (including phenoxy) is 1. The van der Waals surface area contributed by atoms with Crippen molar-refractivity contribution in [2.24, 2.45) is 0 Å². The minimum Gasteiger partial charge on any atom is -0.495 e. The molecule has 3 aromatic rings. The van der Waals surface area contributed by atoms with Crippen LogP contribution in [0, 0.1) is 6.92 Å². The number of nitrogens with one attached hydrogen (secondary N) is 1. The number of nitrogens with zero attached hydrogens (tertiary/aromatic N) is 2. The van der Waals surface area contributed by atoms with E-state index in [9.17, 15) is 9.59 Å². The lowest BCUT2D eigenvalue weighted by Crippen LogP contribution is -2.26. The summed E-state index contributed by atoms with van der Waals surface area (Å²) in [7, 11) is 1.51. The zero-order valence-electron chi connectivity index (χ0n) is 13.1. The first kappa shape index (κ1) is 15.6. The Hall–Kier alpha value is -3.29. The van der Waals surface area contributed by atoms with Gasteiger partial charge in [-0.2, -0.15) is 4.68 Å². The van der Waals surface area contributed by atoms with Gasteiger partial charge in [0.25, 0.3) is 5.89 Å². The van der Waals surface area contributed by atoms with Crippen LogP contribution >= 0.6 is 0 Å². The summed E-state index contributed by atoms with van der Waals surface area (Å²) in [5, 5.41) is 6.64. The number of aromatic nitrogens is 2. The van der Waals surface area contributed by atoms with Crippen LogP contribution in [0.1, 0.15) is 5.56 Å². The molecule has 0 radical (unpaired) electrons. The van der Waals surface area contributed by atoms with Crippen molar-refractivity contribution in [3.8, 4) is 17.4 Å². The molecule has 0 unspecified atom stereocenters. The molecule has 1 N–H and O–H groups in total. The van der Waals surface area contributed by atoms with Gasteiger partial charge in [-0.3, -0.25) is 4.79 Å². The number of hydrogen-bond donors (Lipinski definition) is 1. The van der Waals surface area contributed by atoms with Crippen LogP contribution in [0.2, 0.25) is 0 Å². The molecule has 8 nitrogen and oxygen atoms in total. The SMILES string of the molecule is COc1ccc(C)cc1NC(=O)Cn1nc(-c2ccco2)oc1=O. The lowest BCUT2D eigenvalue weighted by molar-refractivity contribution is -0.117. The van der Waals surface area contributed by atoms with Gasteiger partial charge < -0.3 is 18.9 Å². The number of anilines is 1. The van der Waals surface area contributed by atoms with Crippen LogP contribution < -0.4 is 15.8 Å². The topological polar surface area (TPSA) is 99.5 Å². The van der Waals surface area contributed by atoms with Gasteiger partial charge >= 0.3 is 5.76 Å².